The second-order valence-corrected chi connectivity index (χ2v) is 13.4. The van der Waals surface area contributed by atoms with Crippen molar-refractivity contribution >= 4 is 29.4 Å². The predicted molar refractivity (Wildman–Crippen MR) is 164 cm³/mol. The first kappa shape index (κ1) is 27.1. The topological polar surface area (TPSA) is 63.2 Å². The number of rotatable bonds is 10. The number of β-lactam (4-membered cyclic amide) rings is 1. The van der Waals surface area contributed by atoms with E-state index >= 15 is 0 Å². The number of benzene rings is 3. The first-order valence-corrected chi connectivity index (χ1v) is 15.7. The highest BCUT2D eigenvalue weighted by Crippen LogP contribution is 2.45. The number of carbonyl (C=O) groups is 1. The molecule has 1 aromatic heterocycles. The van der Waals surface area contributed by atoms with Gasteiger partial charge in [-0.15, -0.1) is 23.5 Å². The van der Waals surface area contributed by atoms with E-state index in [9.17, 15) is 4.79 Å². The quantitative estimate of drug-likeness (QED) is 0.192. The summed E-state index contributed by atoms with van der Waals surface area (Å²) in [7, 11) is 0. The lowest BCUT2D eigenvalue weighted by atomic mass is 9.76. The zero-order valence-electron chi connectivity index (χ0n) is 22.2. The van der Waals surface area contributed by atoms with Crippen molar-refractivity contribution in [3.8, 4) is 0 Å². The van der Waals surface area contributed by atoms with Crippen LogP contribution in [0.4, 0.5) is 0 Å². The number of carbonyl (C=O) groups excluding carboxylic acids is 1. The third-order valence-electron chi connectivity index (χ3n) is 7.56. The van der Waals surface area contributed by atoms with Gasteiger partial charge < -0.3 is 10.1 Å². The minimum Gasteiger partial charge on any atom is -0.354 e. The van der Waals surface area contributed by atoms with Gasteiger partial charge in [-0.05, 0) is 46.2 Å². The van der Waals surface area contributed by atoms with Crippen molar-refractivity contribution in [3.05, 3.63) is 138 Å². The molecule has 5 nitrogen and oxygen atoms in total. The molecule has 2 fully saturated rings. The second kappa shape index (κ2) is 12.2. The molecule has 3 heterocycles. The number of pyridine rings is 1. The summed E-state index contributed by atoms with van der Waals surface area (Å²) in [5, 5.41) is 6.84. The molecule has 2 atom stereocenters. The lowest BCUT2D eigenvalue weighted by Crippen LogP contribution is -2.72. The van der Waals surface area contributed by atoms with Gasteiger partial charge in [0.15, 0.2) is 6.23 Å². The molecule has 40 heavy (non-hydrogen) atoms. The Hall–Kier alpha value is -3.10. The minimum absolute atomic E-state index is 0.0533. The summed E-state index contributed by atoms with van der Waals surface area (Å²) < 4.78 is 6.46. The molecule has 0 bridgehead atoms. The largest absolute Gasteiger partial charge is 0.354 e. The van der Waals surface area contributed by atoms with Gasteiger partial charge in [-0.25, -0.2) is 0 Å². The maximum absolute atomic E-state index is 13.2. The van der Waals surface area contributed by atoms with Crippen molar-refractivity contribution in [2.75, 3.05) is 18.1 Å². The van der Waals surface area contributed by atoms with Crippen LogP contribution in [0, 0.1) is 0 Å². The number of nitrogens with one attached hydrogen (secondary N) is 2. The van der Waals surface area contributed by atoms with Gasteiger partial charge in [0.2, 0.25) is 5.91 Å². The molecule has 1 amide bonds. The number of nitrogens with zero attached hydrogens (tertiary/aromatic N) is 1. The standard InChI is InChI=1S/C33H33N3O2S2/c37-30-29(31(35-30)38-24-32(39-20-11-21-40-32)22-25-12-10-19-34-23-25)36-33(26-13-4-1-5-14-26,27-15-6-2-7-16-27)28-17-8-3-9-18-28/h1-10,12-19,23,29,31,36H,11,20-22,24H2,(H,35,37)/t29-,31-/m1/s1. The summed E-state index contributed by atoms with van der Waals surface area (Å²) in [5.74, 6) is 2.16. The zero-order chi connectivity index (χ0) is 27.3. The van der Waals surface area contributed by atoms with Crippen LogP contribution in [0.15, 0.2) is 116 Å². The van der Waals surface area contributed by atoms with Gasteiger partial charge in [0.1, 0.15) is 6.04 Å². The van der Waals surface area contributed by atoms with Gasteiger partial charge in [0, 0.05) is 18.8 Å². The molecule has 2 saturated heterocycles. The van der Waals surface area contributed by atoms with Gasteiger partial charge in [-0.2, -0.15) is 0 Å². The molecule has 0 aliphatic carbocycles. The summed E-state index contributed by atoms with van der Waals surface area (Å²) in [5.41, 5.74) is 3.67. The van der Waals surface area contributed by atoms with Gasteiger partial charge in [0.25, 0.3) is 0 Å². The molecule has 0 spiro atoms. The SMILES string of the molecule is O=C1N[C@H](OCC2(Cc3cccnc3)SCCCS2)[C@@H]1NC(c1ccccc1)(c1ccccc1)c1ccccc1. The molecule has 0 radical (unpaired) electrons. The van der Waals surface area contributed by atoms with E-state index in [1.54, 1.807) is 0 Å². The highest BCUT2D eigenvalue weighted by Gasteiger charge is 2.49. The van der Waals surface area contributed by atoms with Gasteiger partial charge in [0.05, 0.1) is 16.2 Å². The fraction of sp³-hybridized carbons (Fsp3) is 0.273. The number of ether oxygens (including phenoxy) is 1. The summed E-state index contributed by atoms with van der Waals surface area (Å²) in [6.45, 7) is 0.537. The summed E-state index contributed by atoms with van der Waals surface area (Å²) in [6.07, 6.45) is 5.39. The van der Waals surface area contributed by atoms with Crippen LogP contribution in [-0.2, 0) is 21.5 Å². The average molecular weight is 568 g/mol. The second-order valence-electron chi connectivity index (χ2n) is 10.2. The van der Waals surface area contributed by atoms with Crippen molar-refractivity contribution < 1.29 is 9.53 Å². The van der Waals surface area contributed by atoms with Gasteiger partial charge in [-0.1, -0.05) is 97.1 Å². The van der Waals surface area contributed by atoms with Crippen LogP contribution in [0.1, 0.15) is 28.7 Å². The summed E-state index contributed by atoms with van der Waals surface area (Å²) in [4.78, 5) is 17.5. The van der Waals surface area contributed by atoms with E-state index in [0.29, 0.717) is 6.61 Å². The Labute approximate surface area is 244 Å². The molecular weight excluding hydrogens is 535 g/mol. The van der Waals surface area contributed by atoms with Crippen LogP contribution in [-0.4, -0.2) is 45.4 Å². The highest BCUT2D eigenvalue weighted by molar-refractivity contribution is 8.18. The minimum atomic E-state index is -0.741. The molecule has 7 heteroatoms. The third-order valence-corrected chi connectivity index (χ3v) is 10.8. The maximum Gasteiger partial charge on any atom is 0.243 e. The molecule has 3 aromatic carbocycles. The Morgan fingerprint density at radius 1 is 0.850 bits per heavy atom. The van der Waals surface area contributed by atoms with E-state index in [4.69, 9.17) is 4.74 Å². The van der Waals surface area contributed by atoms with Gasteiger partial charge in [-0.3, -0.25) is 15.1 Å². The average Bonchev–Trinajstić information content (AvgIpc) is 3.02. The number of hydrogen-bond acceptors (Lipinski definition) is 6. The molecule has 0 saturated carbocycles. The lowest BCUT2D eigenvalue weighted by molar-refractivity contribution is -0.148. The summed E-state index contributed by atoms with van der Waals surface area (Å²) >= 11 is 3.93. The van der Waals surface area contributed by atoms with Gasteiger partial charge >= 0.3 is 0 Å². The Bertz CT molecular complexity index is 1290. The number of amides is 1. The van der Waals surface area contributed by atoms with Crippen LogP contribution in [0.5, 0.6) is 0 Å². The van der Waals surface area contributed by atoms with Crippen LogP contribution in [0.3, 0.4) is 0 Å². The van der Waals surface area contributed by atoms with Crippen molar-refractivity contribution in [2.45, 2.75) is 34.7 Å². The molecule has 2 aliphatic heterocycles. The molecule has 6 rings (SSSR count). The van der Waals surface area contributed by atoms with E-state index in [2.05, 4.69) is 58.1 Å². The number of aromatic nitrogens is 1. The summed E-state index contributed by atoms with van der Waals surface area (Å²) in [6, 6.07) is 34.7. The molecule has 2 N–H and O–H groups in total. The Morgan fingerprint density at radius 3 is 1.93 bits per heavy atom. The van der Waals surface area contributed by atoms with E-state index < -0.39 is 17.8 Å². The number of hydrogen-bond donors (Lipinski definition) is 2. The van der Waals surface area contributed by atoms with E-state index in [1.165, 1.54) is 12.0 Å². The highest BCUT2D eigenvalue weighted by atomic mass is 32.2. The Kier molecular flexibility index (Phi) is 8.25. The maximum atomic E-state index is 13.2. The smallest absolute Gasteiger partial charge is 0.243 e. The molecule has 2 aliphatic rings. The van der Waals surface area contributed by atoms with E-state index in [-0.39, 0.29) is 9.99 Å². The molecule has 4 aromatic rings. The Balaban J connectivity index is 1.30. The predicted octanol–water partition coefficient (Wildman–Crippen LogP) is 5.61. The number of thioether (sulfide) groups is 2. The molecule has 0 unspecified atom stereocenters. The van der Waals surface area contributed by atoms with Crippen molar-refractivity contribution in [3.63, 3.8) is 0 Å². The first-order valence-electron chi connectivity index (χ1n) is 13.7. The van der Waals surface area contributed by atoms with E-state index in [1.807, 2.05) is 96.6 Å². The molecule has 204 valence electrons. The Morgan fingerprint density at radius 2 is 1.43 bits per heavy atom. The third kappa shape index (κ3) is 5.56. The zero-order valence-corrected chi connectivity index (χ0v) is 23.9. The normalized spacial score (nSPS) is 20.4. The fourth-order valence-corrected chi connectivity index (χ4v) is 8.74. The first-order chi connectivity index (χ1) is 19.7. The lowest BCUT2D eigenvalue weighted by Gasteiger charge is -2.46. The fourth-order valence-electron chi connectivity index (χ4n) is 5.57. The van der Waals surface area contributed by atoms with E-state index in [0.717, 1.165) is 34.6 Å². The van der Waals surface area contributed by atoms with Crippen molar-refractivity contribution in [2.24, 2.45) is 0 Å². The van der Waals surface area contributed by atoms with Crippen LogP contribution < -0.4 is 10.6 Å². The van der Waals surface area contributed by atoms with Crippen LogP contribution >= 0.6 is 23.5 Å². The van der Waals surface area contributed by atoms with Crippen LogP contribution in [0.25, 0.3) is 0 Å². The van der Waals surface area contributed by atoms with Crippen molar-refractivity contribution in [1.29, 1.82) is 0 Å². The molecular formula is C33H33N3O2S2. The van der Waals surface area contributed by atoms with Crippen LogP contribution in [0.2, 0.25) is 0 Å². The van der Waals surface area contributed by atoms with Crippen molar-refractivity contribution in [1.82, 2.24) is 15.6 Å². The monoisotopic (exact) mass is 567 g/mol.